The van der Waals surface area contributed by atoms with Gasteiger partial charge in [0.15, 0.2) is 11.3 Å². The smallest absolute Gasteiger partial charge is 0.325 e. The molecule has 150 valence electrons. The molecule has 1 unspecified atom stereocenters. The van der Waals surface area contributed by atoms with E-state index in [1.807, 2.05) is 24.5 Å². The Labute approximate surface area is 175 Å². The van der Waals surface area contributed by atoms with Gasteiger partial charge in [0.25, 0.3) is 5.91 Å². The first-order valence-electron chi connectivity index (χ1n) is 8.77. The first kappa shape index (κ1) is 20.8. The number of amides is 3. The van der Waals surface area contributed by atoms with E-state index in [1.54, 1.807) is 26.2 Å². The van der Waals surface area contributed by atoms with E-state index in [9.17, 15) is 14.4 Å². The molecular formula is C19H22BrN3O4S. The number of thiophene rings is 1. The molecule has 0 aromatic carbocycles. The van der Waals surface area contributed by atoms with Crippen molar-refractivity contribution in [3.8, 4) is 0 Å². The highest BCUT2D eigenvalue weighted by molar-refractivity contribution is 9.11. The fraction of sp³-hybridized carbons (Fsp3) is 0.421. The summed E-state index contributed by atoms with van der Waals surface area (Å²) < 4.78 is 7.97. The van der Waals surface area contributed by atoms with Gasteiger partial charge < -0.3 is 14.6 Å². The van der Waals surface area contributed by atoms with Crippen molar-refractivity contribution in [2.75, 3.05) is 20.3 Å². The third-order valence-corrected chi connectivity index (χ3v) is 6.88. The first-order valence-corrected chi connectivity index (χ1v) is 10.4. The molecule has 1 atom stereocenters. The van der Waals surface area contributed by atoms with Crippen LogP contribution in [-0.2, 0) is 21.6 Å². The summed E-state index contributed by atoms with van der Waals surface area (Å²) in [6, 6.07) is 4.86. The standard InChI is InChI=1S/C19H22BrN3O4S/c1-11-9-13(12(2)22(11)7-8-27-4)14(24)10-23-17(25)19(3,21-18(23)26)15-5-6-16(20)28-15/h5-6,9H,7-8,10H2,1-4H3,(H,21,26). The molecule has 2 aromatic rings. The predicted molar refractivity (Wildman–Crippen MR) is 110 cm³/mol. The molecular weight excluding hydrogens is 446 g/mol. The van der Waals surface area contributed by atoms with Crippen LogP contribution < -0.4 is 5.32 Å². The quantitative estimate of drug-likeness (QED) is 0.500. The normalized spacial score (nSPS) is 19.4. The molecule has 7 nitrogen and oxygen atoms in total. The highest BCUT2D eigenvalue weighted by Crippen LogP contribution is 2.35. The Bertz CT molecular complexity index is 951. The molecule has 3 heterocycles. The molecule has 28 heavy (non-hydrogen) atoms. The topological polar surface area (TPSA) is 80.6 Å². The largest absolute Gasteiger partial charge is 0.383 e. The molecule has 0 spiro atoms. The number of urea groups is 1. The second-order valence-corrected chi connectivity index (χ2v) is 9.37. The number of hydrogen-bond donors (Lipinski definition) is 1. The molecule has 0 aliphatic carbocycles. The van der Waals surface area contributed by atoms with Gasteiger partial charge in [-0.1, -0.05) is 0 Å². The summed E-state index contributed by atoms with van der Waals surface area (Å²) in [6.07, 6.45) is 0. The van der Waals surface area contributed by atoms with Crippen LogP contribution in [0, 0.1) is 13.8 Å². The van der Waals surface area contributed by atoms with Gasteiger partial charge in [0.2, 0.25) is 0 Å². The van der Waals surface area contributed by atoms with Crippen LogP contribution in [0.25, 0.3) is 0 Å². The number of Topliss-reactive ketones (excluding diaryl/α,β-unsaturated/α-hetero) is 1. The van der Waals surface area contributed by atoms with Crippen molar-refractivity contribution in [3.05, 3.63) is 43.8 Å². The first-order chi connectivity index (χ1) is 13.2. The number of nitrogens with zero attached hydrogens (tertiary/aromatic N) is 2. The Kier molecular flexibility index (Phi) is 5.79. The number of carbonyl (C=O) groups excluding carboxylic acids is 3. The molecule has 1 aliphatic heterocycles. The molecule has 0 bridgehead atoms. The number of nitrogens with one attached hydrogen (secondary N) is 1. The maximum atomic E-state index is 13.0. The summed E-state index contributed by atoms with van der Waals surface area (Å²) in [5.74, 6) is -0.690. The van der Waals surface area contributed by atoms with E-state index in [0.717, 1.165) is 20.1 Å². The van der Waals surface area contributed by atoms with Crippen molar-refractivity contribution in [2.24, 2.45) is 0 Å². The lowest BCUT2D eigenvalue weighted by molar-refractivity contribution is -0.130. The monoisotopic (exact) mass is 467 g/mol. The molecule has 0 saturated carbocycles. The van der Waals surface area contributed by atoms with Crippen LogP contribution in [0.1, 0.15) is 33.5 Å². The molecule has 1 fully saturated rings. The SMILES string of the molecule is COCCn1c(C)cc(C(=O)CN2C(=O)NC(C)(c3ccc(Br)s3)C2=O)c1C. The van der Waals surface area contributed by atoms with Crippen molar-refractivity contribution in [1.29, 1.82) is 0 Å². The number of imide groups is 1. The van der Waals surface area contributed by atoms with Crippen molar-refractivity contribution >= 4 is 45.0 Å². The number of hydrogen-bond acceptors (Lipinski definition) is 5. The highest BCUT2D eigenvalue weighted by Gasteiger charge is 2.50. The Morgan fingerprint density at radius 1 is 1.32 bits per heavy atom. The molecule has 1 N–H and O–H groups in total. The molecule has 3 amide bonds. The number of ketones is 1. The van der Waals surface area contributed by atoms with Gasteiger partial charge in [-0.25, -0.2) is 4.79 Å². The highest BCUT2D eigenvalue weighted by atomic mass is 79.9. The summed E-state index contributed by atoms with van der Waals surface area (Å²) >= 11 is 4.75. The van der Waals surface area contributed by atoms with Gasteiger partial charge in [-0.15, -0.1) is 11.3 Å². The number of halogens is 1. The maximum absolute atomic E-state index is 13.0. The van der Waals surface area contributed by atoms with Gasteiger partial charge in [-0.3, -0.25) is 14.5 Å². The van der Waals surface area contributed by atoms with Gasteiger partial charge in [0.1, 0.15) is 0 Å². The molecule has 1 saturated heterocycles. The lowest BCUT2D eigenvalue weighted by Crippen LogP contribution is -2.40. The van der Waals surface area contributed by atoms with Gasteiger partial charge in [0, 0.05) is 35.5 Å². The second-order valence-electron chi connectivity index (χ2n) is 6.90. The van der Waals surface area contributed by atoms with E-state index in [2.05, 4.69) is 21.2 Å². The summed E-state index contributed by atoms with van der Waals surface area (Å²) in [7, 11) is 1.63. The molecule has 9 heteroatoms. The number of carbonyl (C=O) groups is 3. The van der Waals surface area contributed by atoms with Crippen LogP contribution in [0.2, 0.25) is 0 Å². The van der Waals surface area contributed by atoms with E-state index in [1.165, 1.54) is 11.3 Å². The third-order valence-electron chi connectivity index (χ3n) is 5.04. The molecule has 3 rings (SSSR count). The van der Waals surface area contributed by atoms with Crippen molar-refractivity contribution in [3.63, 3.8) is 0 Å². The molecule has 0 radical (unpaired) electrons. The minimum Gasteiger partial charge on any atom is -0.383 e. The van der Waals surface area contributed by atoms with Crippen molar-refractivity contribution in [1.82, 2.24) is 14.8 Å². The second kappa shape index (κ2) is 7.81. The average Bonchev–Trinajstić information content (AvgIpc) is 3.26. The van der Waals surface area contributed by atoms with E-state index in [0.29, 0.717) is 23.6 Å². The Balaban J connectivity index is 1.81. The van der Waals surface area contributed by atoms with E-state index < -0.39 is 17.5 Å². The van der Waals surface area contributed by atoms with Crippen molar-refractivity contribution in [2.45, 2.75) is 32.9 Å². The Morgan fingerprint density at radius 2 is 2.04 bits per heavy atom. The fourth-order valence-corrected chi connectivity index (χ4v) is 4.91. The molecule has 2 aromatic heterocycles. The Morgan fingerprint density at radius 3 is 2.64 bits per heavy atom. The van der Waals surface area contributed by atoms with Gasteiger partial charge in [0.05, 0.1) is 16.9 Å². The fourth-order valence-electron chi connectivity index (χ4n) is 3.43. The summed E-state index contributed by atoms with van der Waals surface area (Å²) in [6.45, 7) is 6.31. The van der Waals surface area contributed by atoms with E-state index in [-0.39, 0.29) is 12.3 Å². The van der Waals surface area contributed by atoms with E-state index in [4.69, 9.17) is 4.74 Å². The van der Waals surface area contributed by atoms with Gasteiger partial charge in [-0.05, 0) is 54.9 Å². The lowest BCUT2D eigenvalue weighted by Gasteiger charge is -2.19. The minimum atomic E-state index is -1.16. The van der Waals surface area contributed by atoms with Crippen LogP contribution in [0.4, 0.5) is 4.79 Å². The lowest BCUT2D eigenvalue weighted by atomic mass is 10.0. The van der Waals surface area contributed by atoms with Crippen LogP contribution in [0.5, 0.6) is 0 Å². The number of methoxy groups -OCH3 is 1. The summed E-state index contributed by atoms with van der Waals surface area (Å²) in [5, 5.41) is 2.73. The number of rotatable bonds is 7. The number of ether oxygens (including phenoxy) is 1. The minimum absolute atomic E-state index is 0.267. The zero-order valence-corrected chi connectivity index (χ0v) is 18.6. The van der Waals surface area contributed by atoms with E-state index >= 15 is 0 Å². The maximum Gasteiger partial charge on any atom is 0.325 e. The summed E-state index contributed by atoms with van der Waals surface area (Å²) in [4.78, 5) is 40.0. The zero-order chi connectivity index (χ0) is 20.6. The van der Waals surface area contributed by atoms with Crippen molar-refractivity contribution < 1.29 is 19.1 Å². The van der Waals surface area contributed by atoms with Crippen LogP contribution in [0.3, 0.4) is 0 Å². The Hall–Kier alpha value is -1.97. The number of aromatic nitrogens is 1. The zero-order valence-electron chi connectivity index (χ0n) is 16.2. The van der Waals surface area contributed by atoms with Crippen LogP contribution >= 0.6 is 27.3 Å². The summed E-state index contributed by atoms with van der Waals surface area (Å²) in [5.41, 5.74) is 1.09. The third kappa shape index (κ3) is 3.54. The predicted octanol–water partition coefficient (Wildman–Crippen LogP) is 3.23. The van der Waals surface area contributed by atoms with Crippen LogP contribution in [0.15, 0.2) is 22.0 Å². The average molecular weight is 468 g/mol. The molecule has 1 aliphatic rings. The van der Waals surface area contributed by atoms with Gasteiger partial charge >= 0.3 is 6.03 Å². The van der Waals surface area contributed by atoms with Gasteiger partial charge in [-0.2, -0.15) is 0 Å². The number of aryl methyl sites for hydroxylation is 1. The van der Waals surface area contributed by atoms with Crippen LogP contribution in [-0.4, -0.2) is 47.4 Å².